The van der Waals surface area contributed by atoms with Gasteiger partial charge in [-0.1, -0.05) is 6.07 Å². The molecule has 4 rings (SSSR count). The molecule has 2 saturated heterocycles. The molecule has 8 nitrogen and oxygen atoms in total. The molecule has 2 amide bonds. The fraction of sp³-hybridized carbons (Fsp3) is 0.435. The Labute approximate surface area is 194 Å². The fourth-order valence-corrected chi connectivity index (χ4v) is 4.20. The van der Waals surface area contributed by atoms with Crippen molar-refractivity contribution in [1.29, 1.82) is 0 Å². The number of carbonyl (C=O) groups excluding carboxylic acids is 2. The summed E-state index contributed by atoms with van der Waals surface area (Å²) in [5, 5.41) is 0. The molecule has 2 aliphatic rings. The maximum atomic E-state index is 13.1. The number of anilines is 2. The van der Waals surface area contributed by atoms with Gasteiger partial charge in [-0.2, -0.15) is 0 Å². The molecule has 1 atom stereocenters. The van der Waals surface area contributed by atoms with E-state index in [1.165, 1.54) is 7.11 Å². The maximum absolute atomic E-state index is 13.1. The Balaban J connectivity index is 0.00000289. The van der Waals surface area contributed by atoms with Crippen molar-refractivity contribution < 1.29 is 19.1 Å². The van der Waals surface area contributed by atoms with Crippen molar-refractivity contribution in [2.24, 2.45) is 0 Å². The Morgan fingerprint density at radius 1 is 1.16 bits per heavy atom. The Morgan fingerprint density at radius 3 is 2.47 bits per heavy atom. The normalized spacial score (nSPS) is 18.3. The van der Waals surface area contributed by atoms with Crippen LogP contribution in [0.5, 0.6) is 5.75 Å². The van der Waals surface area contributed by atoms with Crippen LogP contribution in [0.4, 0.5) is 16.3 Å². The van der Waals surface area contributed by atoms with Gasteiger partial charge in [0.15, 0.2) is 0 Å². The molecule has 172 valence electrons. The van der Waals surface area contributed by atoms with Gasteiger partial charge in [0.05, 0.1) is 18.8 Å². The number of halogens is 1. The second-order valence-corrected chi connectivity index (χ2v) is 8.11. The van der Waals surface area contributed by atoms with Crippen LogP contribution in [0.1, 0.15) is 28.4 Å². The van der Waals surface area contributed by atoms with Crippen molar-refractivity contribution >= 4 is 35.9 Å². The smallest absolute Gasteiger partial charge is 0.414 e. The second-order valence-electron chi connectivity index (χ2n) is 8.11. The number of carbonyl (C=O) groups is 2. The van der Waals surface area contributed by atoms with Crippen LogP contribution in [0.15, 0.2) is 30.5 Å². The zero-order valence-corrected chi connectivity index (χ0v) is 19.6. The fourth-order valence-electron chi connectivity index (χ4n) is 4.20. The van der Waals surface area contributed by atoms with E-state index in [1.54, 1.807) is 23.1 Å². The molecule has 0 spiro atoms. The van der Waals surface area contributed by atoms with Crippen LogP contribution >= 0.6 is 12.4 Å². The summed E-state index contributed by atoms with van der Waals surface area (Å²) in [5.41, 5.74) is 3.44. The second kappa shape index (κ2) is 9.65. The number of piperazine rings is 1. The predicted molar refractivity (Wildman–Crippen MR) is 125 cm³/mol. The molecule has 2 aliphatic heterocycles. The molecule has 9 heteroatoms. The molecule has 0 saturated carbocycles. The van der Waals surface area contributed by atoms with Crippen LogP contribution in [-0.4, -0.2) is 67.8 Å². The number of hydrogen-bond donors (Lipinski definition) is 0. The summed E-state index contributed by atoms with van der Waals surface area (Å²) in [6.07, 6.45) is 1.48. The van der Waals surface area contributed by atoms with Gasteiger partial charge in [-0.25, -0.2) is 9.78 Å². The first-order chi connectivity index (χ1) is 14.9. The highest BCUT2D eigenvalue weighted by Gasteiger charge is 2.33. The van der Waals surface area contributed by atoms with Crippen molar-refractivity contribution in [3.05, 3.63) is 47.2 Å². The van der Waals surface area contributed by atoms with Crippen LogP contribution in [-0.2, 0) is 4.74 Å². The van der Waals surface area contributed by atoms with E-state index in [4.69, 9.17) is 9.47 Å². The number of hydrogen-bond acceptors (Lipinski definition) is 6. The van der Waals surface area contributed by atoms with Crippen LogP contribution in [0.2, 0.25) is 0 Å². The molecule has 2 aromatic rings. The quantitative estimate of drug-likeness (QED) is 0.695. The number of methoxy groups -OCH3 is 1. The van der Waals surface area contributed by atoms with Gasteiger partial charge in [-0.15, -0.1) is 12.4 Å². The molecule has 0 radical (unpaired) electrons. The monoisotopic (exact) mass is 460 g/mol. The largest absolute Gasteiger partial charge is 0.495 e. The van der Waals surface area contributed by atoms with Gasteiger partial charge >= 0.3 is 6.09 Å². The summed E-state index contributed by atoms with van der Waals surface area (Å²) in [4.78, 5) is 35.4. The Kier molecular flexibility index (Phi) is 7.13. The average Bonchev–Trinajstić information content (AvgIpc) is 3.11. The summed E-state index contributed by atoms with van der Waals surface area (Å²) in [6, 6.07) is 7.25. The van der Waals surface area contributed by atoms with E-state index in [9.17, 15) is 9.59 Å². The highest BCUT2D eigenvalue weighted by atomic mass is 35.5. The number of cyclic esters (lactones) is 1. The number of nitrogens with zero attached hydrogens (tertiary/aromatic N) is 4. The number of rotatable bonds is 4. The molecule has 0 aliphatic carbocycles. The van der Waals surface area contributed by atoms with E-state index < -0.39 is 6.09 Å². The van der Waals surface area contributed by atoms with Gasteiger partial charge in [0.2, 0.25) is 0 Å². The average molecular weight is 461 g/mol. The number of benzene rings is 1. The number of aromatic nitrogens is 1. The van der Waals surface area contributed by atoms with E-state index in [2.05, 4.69) is 22.9 Å². The topological polar surface area (TPSA) is 75.2 Å². The summed E-state index contributed by atoms with van der Waals surface area (Å²) >= 11 is 0. The third kappa shape index (κ3) is 4.46. The highest BCUT2D eigenvalue weighted by molar-refractivity contribution is 5.97. The minimum Gasteiger partial charge on any atom is -0.495 e. The number of ether oxygens (including phenoxy) is 2. The molecule has 1 unspecified atom stereocenters. The standard InChI is InChI=1S/C23H28N4O4.ClH/c1-15-11-16(2)21(24-13-15)25-7-9-26(10-8-25)22(28)18-5-6-19(20(12-18)30-4)27-17(3)14-31-23(27)29;/h5-6,11-13,17H,7-10,14H2,1-4H3;1H. The van der Waals surface area contributed by atoms with Crippen LogP contribution in [0, 0.1) is 13.8 Å². The van der Waals surface area contributed by atoms with Gasteiger partial charge < -0.3 is 19.3 Å². The van der Waals surface area contributed by atoms with Gasteiger partial charge in [-0.3, -0.25) is 9.69 Å². The molecule has 3 heterocycles. The van der Waals surface area contributed by atoms with E-state index in [0.717, 1.165) is 30.0 Å². The molecule has 0 N–H and O–H groups in total. The van der Waals surface area contributed by atoms with Crippen molar-refractivity contribution in [1.82, 2.24) is 9.88 Å². The van der Waals surface area contributed by atoms with Gasteiger partial charge in [-0.05, 0) is 50.1 Å². The van der Waals surface area contributed by atoms with Crippen molar-refractivity contribution in [2.45, 2.75) is 26.8 Å². The third-order valence-corrected chi connectivity index (χ3v) is 5.83. The Hall–Kier alpha value is -3.00. The first kappa shape index (κ1) is 23.7. The zero-order valence-electron chi connectivity index (χ0n) is 18.8. The molecule has 1 aromatic carbocycles. The number of aryl methyl sites for hydroxylation is 2. The molecule has 1 aromatic heterocycles. The van der Waals surface area contributed by atoms with Crippen molar-refractivity contribution in [2.75, 3.05) is 49.7 Å². The first-order valence-corrected chi connectivity index (χ1v) is 10.5. The van der Waals surface area contributed by atoms with Crippen LogP contribution in [0.3, 0.4) is 0 Å². The summed E-state index contributed by atoms with van der Waals surface area (Å²) in [5.74, 6) is 1.42. The van der Waals surface area contributed by atoms with Crippen molar-refractivity contribution in [3.63, 3.8) is 0 Å². The predicted octanol–water partition coefficient (Wildman–Crippen LogP) is 3.44. The Bertz CT molecular complexity index is 1010. The number of amides is 2. The van der Waals surface area contributed by atoms with E-state index in [-0.39, 0.29) is 24.4 Å². The van der Waals surface area contributed by atoms with E-state index >= 15 is 0 Å². The van der Waals surface area contributed by atoms with E-state index in [0.29, 0.717) is 36.7 Å². The summed E-state index contributed by atoms with van der Waals surface area (Å²) in [7, 11) is 1.54. The lowest BCUT2D eigenvalue weighted by Crippen LogP contribution is -2.49. The summed E-state index contributed by atoms with van der Waals surface area (Å²) < 4.78 is 10.6. The lowest BCUT2D eigenvalue weighted by Gasteiger charge is -2.36. The van der Waals surface area contributed by atoms with E-state index in [1.807, 2.05) is 24.9 Å². The van der Waals surface area contributed by atoms with Crippen molar-refractivity contribution in [3.8, 4) is 5.75 Å². The van der Waals surface area contributed by atoms with Gasteiger partial charge in [0.1, 0.15) is 18.2 Å². The molecule has 2 fully saturated rings. The molecule has 32 heavy (non-hydrogen) atoms. The van der Waals surface area contributed by atoms with Crippen LogP contribution in [0.25, 0.3) is 0 Å². The lowest BCUT2D eigenvalue weighted by molar-refractivity contribution is 0.0746. The third-order valence-electron chi connectivity index (χ3n) is 5.83. The zero-order chi connectivity index (χ0) is 22.1. The molecular weight excluding hydrogens is 432 g/mol. The first-order valence-electron chi connectivity index (χ1n) is 10.5. The van der Waals surface area contributed by atoms with Gasteiger partial charge in [0.25, 0.3) is 5.91 Å². The Morgan fingerprint density at radius 2 is 1.88 bits per heavy atom. The number of pyridine rings is 1. The maximum Gasteiger partial charge on any atom is 0.414 e. The molecular formula is C23H29ClN4O4. The SMILES string of the molecule is COc1cc(C(=O)N2CCN(c3ncc(C)cc3C)CC2)ccc1N1C(=O)OCC1C.Cl. The van der Waals surface area contributed by atoms with Gasteiger partial charge in [0, 0.05) is 37.9 Å². The van der Waals surface area contributed by atoms with Crippen LogP contribution < -0.4 is 14.5 Å². The molecule has 0 bridgehead atoms. The minimum atomic E-state index is -0.402. The highest BCUT2D eigenvalue weighted by Crippen LogP contribution is 2.34. The lowest BCUT2D eigenvalue weighted by atomic mass is 10.1. The minimum absolute atomic E-state index is 0. The summed E-state index contributed by atoms with van der Waals surface area (Å²) in [6.45, 7) is 9.05.